The molecular formula is C18H17BrF3N3O3. The molecule has 2 aromatic rings. The first kappa shape index (κ1) is 21.8. The smallest absolute Gasteiger partial charge is 0.436 e. The summed E-state index contributed by atoms with van der Waals surface area (Å²) in [6.07, 6.45) is -3.83. The summed E-state index contributed by atoms with van der Waals surface area (Å²) in [4.78, 5) is 15.8. The number of aryl methyl sites for hydroxylation is 1. The highest BCUT2D eigenvalue weighted by Gasteiger charge is 2.62. The standard InChI is InChI=1S/C18H17BrF3N3O3/c1-25-11-10-24-16(25)17(8-9-23,18(20,21)22)28-15(26)3-2-12-27-14-6-4-13(19)5-7-14/h4-7,10-11H,2-3,8,12H2,1H3/t17-/m0/s1. The molecule has 0 bridgehead atoms. The fourth-order valence-electron chi connectivity index (χ4n) is 2.49. The van der Waals surface area contributed by atoms with Gasteiger partial charge in [-0.1, -0.05) is 15.9 Å². The van der Waals surface area contributed by atoms with Crippen molar-refractivity contribution in [1.82, 2.24) is 9.55 Å². The molecule has 150 valence electrons. The molecular weight excluding hydrogens is 443 g/mol. The van der Waals surface area contributed by atoms with E-state index in [9.17, 15) is 18.0 Å². The minimum atomic E-state index is -5.01. The van der Waals surface area contributed by atoms with Gasteiger partial charge in [0, 0.05) is 30.3 Å². The van der Waals surface area contributed by atoms with Crippen molar-refractivity contribution in [2.24, 2.45) is 7.05 Å². The van der Waals surface area contributed by atoms with Crippen LogP contribution in [0.1, 0.15) is 25.1 Å². The van der Waals surface area contributed by atoms with E-state index >= 15 is 0 Å². The van der Waals surface area contributed by atoms with Gasteiger partial charge in [-0.2, -0.15) is 18.4 Å². The third kappa shape index (κ3) is 5.04. The summed E-state index contributed by atoms with van der Waals surface area (Å²) in [7, 11) is 1.33. The van der Waals surface area contributed by atoms with E-state index in [0.717, 1.165) is 15.2 Å². The number of nitriles is 1. The van der Waals surface area contributed by atoms with Crippen molar-refractivity contribution in [2.45, 2.75) is 31.0 Å². The number of imidazole rings is 1. The monoisotopic (exact) mass is 459 g/mol. The highest BCUT2D eigenvalue weighted by atomic mass is 79.9. The number of nitrogens with zero attached hydrogens (tertiary/aromatic N) is 3. The lowest BCUT2D eigenvalue weighted by Crippen LogP contribution is -2.48. The predicted octanol–water partition coefficient (Wildman–Crippen LogP) is 4.26. The molecule has 1 heterocycles. The Morgan fingerprint density at radius 2 is 2.00 bits per heavy atom. The summed E-state index contributed by atoms with van der Waals surface area (Å²) >= 11 is 3.29. The van der Waals surface area contributed by atoms with Crippen LogP contribution in [0.3, 0.4) is 0 Å². The zero-order valence-electron chi connectivity index (χ0n) is 14.9. The van der Waals surface area contributed by atoms with Crippen LogP contribution in [-0.4, -0.2) is 28.3 Å². The van der Waals surface area contributed by atoms with Crippen LogP contribution in [-0.2, 0) is 22.2 Å². The van der Waals surface area contributed by atoms with E-state index in [2.05, 4.69) is 20.9 Å². The summed E-state index contributed by atoms with van der Waals surface area (Å²) in [6.45, 7) is 0.121. The molecule has 0 radical (unpaired) electrons. The molecule has 1 aromatic carbocycles. The summed E-state index contributed by atoms with van der Waals surface area (Å²) in [6, 6.07) is 8.42. The van der Waals surface area contributed by atoms with E-state index in [-0.39, 0.29) is 19.4 Å². The van der Waals surface area contributed by atoms with Gasteiger partial charge in [-0.3, -0.25) is 4.79 Å². The van der Waals surface area contributed by atoms with Crippen LogP contribution >= 0.6 is 15.9 Å². The number of alkyl halides is 3. The largest absolute Gasteiger partial charge is 0.494 e. The van der Waals surface area contributed by atoms with Gasteiger partial charge in [-0.15, -0.1) is 0 Å². The molecule has 10 heteroatoms. The number of carbonyl (C=O) groups is 1. The third-order valence-electron chi connectivity index (χ3n) is 3.86. The average molecular weight is 460 g/mol. The molecule has 0 aliphatic rings. The summed E-state index contributed by atoms with van der Waals surface area (Å²) < 4.78 is 53.6. The van der Waals surface area contributed by atoms with E-state index in [1.165, 1.54) is 19.3 Å². The van der Waals surface area contributed by atoms with Gasteiger partial charge < -0.3 is 14.0 Å². The lowest BCUT2D eigenvalue weighted by Gasteiger charge is -2.32. The van der Waals surface area contributed by atoms with Crippen LogP contribution in [0, 0.1) is 11.3 Å². The van der Waals surface area contributed by atoms with Gasteiger partial charge in [0.05, 0.1) is 19.1 Å². The van der Waals surface area contributed by atoms with Crippen molar-refractivity contribution in [3.8, 4) is 11.8 Å². The normalized spacial score (nSPS) is 13.4. The molecule has 0 fully saturated rings. The minimum Gasteiger partial charge on any atom is -0.494 e. The Labute approximate surface area is 168 Å². The van der Waals surface area contributed by atoms with Crippen LogP contribution in [0.15, 0.2) is 41.1 Å². The summed E-state index contributed by atoms with van der Waals surface area (Å²) in [5.41, 5.74) is -3.12. The van der Waals surface area contributed by atoms with Crippen molar-refractivity contribution in [2.75, 3.05) is 6.61 Å². The Balaban J connectivity index is 2.03. The molecule has 0 spiro atoms. The maximum atomic E-state index is 13.8. The first-order valence-electron chi connectivity index (χ1n) is 8.21. The zero-order valence-corrected chi connectivity index (χ0v) is 16.5. The third-order valence-corrected chi connectivity index (χ3v) is 4.39. The first-order valence-corrected chi connectivity index (χ1v) is 9.00. The number of hydrogen-bond donors (Lipinski definition) is 0. The van der Waals surface area contributed by atoms with Gasteiger partial charge in [0.25, 0.3) is 5.60 Å². The van der Waals surface area contributed by atoms with Gasteiger partial charge >= 0.3 is 12.1 Å². The molecule has 0 saturated carbocycles. The fourth-order valence-corrected chi connectivity index (χ4v) is 2.76. The van der Waals surface area contributed by atoms with E-state index in [1.54, 1.807) is 24.3 Å². The number of aromatic nitrogens is 2. The van der Waals surface area contributed by atoms with Crippen molar-refractivity contribution in [3.63, 3.8) is 0 Å². The van der Waals surface area contributed by atoms with Crippen molar-refractivity contribution >= 4 is 21.9 Å². The topological polar surface area (TPSA) is 77.1 Å². The van der Waals surface area contributed by atoms with Gasteiger partial charge in [0.1, 0.15) is 5.75 Å². The van der Waals surface area contributed by atoms with E-state index in [4.69, 9.17) is 14.7 Å². The molecule has 0 aliphatic carbocycles. The molecule has 0 unspecified atom stereocenters. The Kier molecular flexibility index (Phi) is 7.07. The number of ether oxygens (including phenoxy) is 2. The molecule has 1 atom stereocenters. The molecule has 1 aromatic heterocycles. The second-order valence-electron chi connectivity index (χ2n) is 5.90. The lowest BCUT2D eigenvalue weighted by molar-refractivity contribution is -0.278. The average Bonchev–Trinajstić information content (AvgIpc) is 3.05. The van der Waals surface area contributed by atoms with Gasteiger partial charge in [-0.25, -0.2) is 4.98 Å². The van der Waals surface area contributed by atoms with Gasteiger partial charge in [-0.05, 0) is 30.7 Å². The Bertz CT molecular complexity index is 846. The number of rotatable bonds is 8. The van der Waals surface area contributed by atoms with Crippen molar-refractivity contribution in [3.05, 3.63) is 47.0 Å². The van der Waals surface area contributed by atoms with E-state index < -0.39 is 30.0 Å². The van der Waals surface area contributed by atoms with Crippen LogP contribution in [0.2, 0.25) is 0 Å². The van der Waals surface area contributed by atoms with Gasteiger partial charge in [0.15, 0.2) is 5.82 Å². The van der Waals surface area contributed by atoms with Crippen LogP contribution in [0.25, 0.3) is 0 Å². The molecule has 28 heavy (non-hydrogen) atoms. The maximum absolute atomic E-state index is 13.8. The first-order chi connectivity index (χ1) is 13.2. The quantitative estimate of drug-likeness (QED) is 0.435. The van der Waals surface area contributed by atoms with Crippen LogP contribution in [0.4, 0.5) is 13.2 Å². The number of hydrogen-bond acceptors (Lipinski definition) is 5. The highest BCUT2D eigenvalue weighted by Crippen LogP contribution is 2.44. The second-order valence-corrected chi connectivity index (χ2v) is 6.82. The molecule has 0 amide bonds. The molecule has 0 aliphatic heterocycles. The van der Waals surface area contributed by atoms with Crippen molar-refractivity contribution in [1.29, 1.82) is 5.26 Å². The molecule has 0 saturated heterocycles. The fraction of sp³-hybridized carbons (Fsp3) is 0.389. The maximum Gasteiger partial charge on any atom is 0.436 e. The SMILES string of the molecule is Cn1ccnc1[C@](CC#N)(OC(=O)CCCOc1ccc(Br)cc1)C(F)(F)F. The highest BCUT2D eigenvalue weighted by molar-refractivity contribution is 9.10. The number of halogens is 4. The Morgan fingerprint density at radius 1 is 1.32 bits per heavy atom. The Hall–Kier alpha value is -2.54. The predicted molar refractivity (Wildman–Crippen MR) is 96.1 cm³/mol. The van der Waals surface area contributed by atoms with E-state index in [1.807, 2.05) is 0 Å². The van der Waals surface area contributed by atoms with Crippen LogP contribution < -0.4 is 4.74 Å². The minimum absolute atomic E-state index is 0.121. The van der Waals surface area contributed by atoms with Gasteiger partial charge in [0.2, 0.25) is 0 Å². The zero-order chi connectivity index (χ0) is 20.8. The lowest BCUT2D eigenvalue weighted by atomic mass is 9.98. The molecule has 2 rings (SSSR count). The number of esters is 1. The Morgan fingerprint density at radius 3 is 2.54 bits per heavy atom. The van der Waals surface area contributed by atoms with E-state index in [0.29, 0.717) is 5.75 Å². The van der Waals surface area contributed by atoms with Crippen LogP contribution in [0.5, 0.6) is 5.75 Å². The number of benzene rings is 1. The number of carbonyl (C=O) groups excluding carboxylic acids is 1. The molecule has 0 N–H and O–H groups in total. The van der Waals surface area contributed by atoms with Crippen molar-refractivity contribution < 1.29 is 27.4 Å². The summed E-state index contributed by atoms with van der Waals surface area (Å²) in [5, 5.41) is 8.93. The summed E-state index contributed by atoms with van der Waals surface area (Å²) in [5.74, 6) is -1.07. The second kappa shape index (κ2) is 9.10. The molecule has 6 nitrogen and oxygen atoms in total.